The molecule has 5 heteroatoms. The highest BCUT2D eigenvalue weighted by Gasteiger charge is 2.32. The van der Waals surface area contributed by atoms with E-state index in [1.165, 1.54) is 17.8 Å². The van der Waals surface area contributed by atoms with E-state index in [0.717, 1.165) is 52.1 Å². The number of piperidine rings is 1. The average molecular weight is 368 g/mol. The van der Waals surface area contributed by atoms with Crippen molar-refractivity contribution in [2.45, 2.75) is 18.9 Å². The van der Waals surface area contributed by atoms with E-state index >= 15 is 0 Å². The topological polar surface area (TPSA) is 28.0 Å². The lowest BCUT2D eigenvalue weighted by Crippen LogP contribution is -3.18. The molecule has 1 amide bonds. The van der Waals surface area contributed by atoms with E-state index in [1.807, 2.05) is 4.90 Å². The number of carbonyl (C=O) groups excluding carboxylic acids is 1. The van der Waals surface area contributed by atoms with Crippen LogP contribution in [0.25, 0.3) is 0 Å². The van der Waals surface area contributed by atoms with E-state index in [2.05, 4.69) is 35.2 Å². The minimum absolute atomic E-state index is 0.0253. The zero-order valence-electron chi connectivity index (χ0n) is 15.6. The molecule has 142 valence electrons. The summed E-state index contributed by atoms with van der Waals surface area (Å²) in [7, 11) is 0. The summed E-state index contributed by atoms with van der Waals surface area (Å²) >= 11 is 0. The lowest BCUT2D eigenvalue weighted by molar-refractivity contribution is -0.927. The maximum absolute atomic E-state index is 13.1. The van der Waals surface area contributed by atoms with Crippen molar-refractivity contribution in [2.75, 3.05) is 44.2 Å². The predicted octanol–water partition coefficient (Wildman–Crippen LogP) is 1.84. The van der Waals surface area contributed by atoms with Gasteiger partial charge in [-0.15, -0.1) is 0 Å². The molecule has 2 heterocycles. The first-order valence-electron chi connectivity index (χ1n) is 9.90. The van der Waals surface area contributed by atoms with Crippen molar-refractivity contribution in [1.82, 2.24) is 4.90 Å². The van der Waals surface area contributed by atoms with E-state index in [1.54, 1.807) is 17.0 Å². The normalized spacial score (nSPS) is 19.3. The van der Waals surface area contributed by atoms with Gasteiger partial charge in [0.1, 0.15) is 5.82 Å². The molecule has 0 spiro atoms. The Morgan fingerprint density at radius 3 is 2.15 bits per heavy atom. The number of likely N-dealkylation sites (tertiary alicyclic amines) is 1. The van der Waals surface area contributed by atoms with E-state index in [9.17, 15) is 9.18 Å². The largest absolute Gasteiger partial charge is 0.360 e. The van der Waals surface area contributed by atoms with Crippen molar-refractivity contribution in [1.29, 1.82) is 0 Å². The molecule has 2 saturated heterocycles. The molecule has 0 aliphatic carbocycles. The molecule has 2 aliphatic rings. The monoisotopic (exact) mass is 368 g/mol. The van der Waals surface area contributed by atoms with Crippen molar-refractivity contribution in [3.05, 3.63) is 66.0 Å². The molecule has 0 radical (unpaired) electrons. The molecule has 0 bridgehead atoms. The number of para-hydroxylation sites is 1. The molecule has 4 nitrogen and oxygen atoms in total. The number of carbonyl (C=O) groups is 1. The van der Waals surface area contributed by atoms with E-state index in [0.29, 0.717) is 11.6 Å². The molecule has 2 aliphatic heterocycles. The number of halogens is 1. The van der Waals surface area contributed by atoms with Gasteiger partial charge in [-0.1, -0.05) is 18.2 Å². The smallest absolute Gasteiger partial charge is 0.253 e. The summed E-state index contributed by atoms with van der Waals surface area (Å²) in [5.41, 5.74) is 1.90. The van der Waals surface area contributed by atoms with Gasteiger partial charge in [0.05, 0.1) is 32.2 Å². The summed E-state index contributed by atoms with van der Waals surface area (Å²) in [6.45, 7) is 6.10. The highest BCUT2D eigenvalue weighted by atomic mass is 19.1. The number of hydrogen-bond donors (Lipinski definition) is 1. The van der Waals surface area contributed by atoms with Crippen LogP contribution in [-0.2, 0) is 0 Å². The molecule has 2 fully saturated rings. The SMILES string of the molecule is O=C(c1ccc(F)cc1)N1CCC([NH+]2CCN(c3ccccc3)CC2)CC1. The van der Waals surface area contributed by atoms with Crippen LogP contribution in [0, 0.1) is 5.82 Å². The van der Waals surface area contributed by atoms with Crippen molar-refractivity contribution >= 4 is 11.6 Å². The zero-order chi connectivity index (χ0) is 18.6. The van der Waals surface area contributed by atoms with Crippen LogP contribution in [-0.4, -0.2) is 56.1 Å². The van der Waals surface area contributed by atoms with Crippen molar-refractivity contribution in [3.63, 3.8) is 0 Å². The maximum Gasteiger partial charge on any atom is 0.253 e. The van der Waals surface area contributed by atoms with E-state index in [4.69, 9.17) is 0 Å². The second kappa shape index (κ2) is 8.09. The van der Waals surface area contributed by atoms with Crippen LogP contribution in [0.3, 0.4) is 0 Å². The Balaban J connectivity index is 1.27. The Hall–Kier alpha value is -2.40. The summed E-state index contributed by atoms with van der Waals surface area (Å²) in [4.78, 5) is 18.6. The quantitative estimate of drug-likeness (QED) is 0.895. The Bertz CT molecular complexity index is 749. The Morgan fingerprint density at radius 1 is 0.889 bits per heavy atom. The number of amides is 1. The molecular formula is C22H27FN3O+. The van der Waals surface area contributed by atoms with Crippen molar-refractivity contribution in [2.24, 2.45) is 0 Å². The molecule has 2 aromatic rings. The van der Waals surface area contributed by atoms with Gasteiger partial charge in [-0.3, -0.25) is 4.79 Å². The van der Waals surface area contributed by atoms with Crippen LogP contribution in [0.2, 0.25) is 0 Å². The molecule has 4 rings (SSSR count). The Labute approximate surface area is 160 Å². The minimum atomic E-state index is -0.302. The number of benzene rings is 2. The minimum Gasteiger partial charge on any atom is -0.360 e. The van der Waals surface area contributed by atoms with Gasteiger partial charge in [-0.2, -0.15) is 0 Å². The van der Waals surface area contributed by atoms with Gasteiger partial charge in [0.15, 0.2) is 0 Å². The first kappa shape index (κ1) is 18.0. The molecule has 27 heavy (non-hydrogen) atoms. The molecule has 0 atom stereocenters. The van der Waals surface area contributed by atoms with Gasteiger partial charge in [0, 0.05) is 37.2 Å². The second-order valence-corrected chi connectivity index (χ2v) is 7.55. The number of rotatable bonds is 3. The van der Waals surface area contributed by atoms with Gasteiger partial charge in [0.25, 0.3) is 5.91 Å². The molecule has 0 unspecified atom stereocenters. The van der Waals surface area contributed by atoms with Gasteiger partial charge in [-0.25, -0.2) is 4.39 Å². The molecule has 0 saturated carbocycles. The lowest BCUT2D eigenvalue weighted by Gasteiger charge is -2.41. The molecule has 2 aromatic carbocycles. The third kappa shape index (κ3) is 4.14. The summed E-state index contributed by atoms with van der Waals surface area (Å²) in [6, 6.07) is 17.1. The van der Waals surface area contributed by atoms with Crippen LogP contribution >= 0.6 is 0 Å². The first-order chi connectivity index (χ1) is 13.2. The van der Waals surface area contributed by atoms with Crippen LogP contribution in [0.4, 0.5) is 10.1 Å². The van der Waals surface area contributed by atoms with Gasteiger partial charge >= 0.3 is 0 Å². The van der Waals surface area contributed by atoms with Crippen molar-refractivity contribution in [3.8, 4) is 0 Å². The van der Waals surface area contributed by atoms with E-state index in [-0.39, 0.29) is 11.7 Å². The zero-order valence-corrected chi connectivity index (χ0v) is 15.6. The lowest BCUT2D eigenvalue weighted by atomic mass is 10.0. The standard InChI is InChI=1S/C22H26FN3O/c23-19-8-6-18(7-9-19)22(27)26-12-10-21(11-13-26)25-16-14-24(15-17-25)20-4-2-1-3-5-20/h1-9,21H,10-17H2/p+1. The highest BCUT2D eigenvalue weighted by Crippen LogP contribution is 2.15. The summed E-state index contributed by atoms with van der Waals surface area (Å²) in [5.74, 6) is -0.277. The number of nitrogens with zero attached hydrogens (tertiary/aromatic N) is 2. The fraction of sp³-hybridized carbons (Fsp3) is 0.409. The number of quaternary nitrogens is 1. The second-order valence-electron chi connectivity index (χ2n) is 7.55. The molecule has 0 aromatic heterocycles. The van der Waals surface area contributed by atoms with Gasteiger partial charge in [-0.05, 0) is 36.4 Å². The number of anilines is 1. The van der Waals surface area contributed by atoms with Crippen molar-refractivity contribution < 1.29 is 14.1 Å². The van der Waals surface area contributed by atoms with Gasteiger partial charge in [0.2, 0.25) is 0 Å². The predicted molar refractivity (Wildman–Crippen MR) is 105 cm³/mol. The Kier molecular flexibility index (Phi) is 5.39. The van der Waals surface area contributed by atoms with Gasteiger partial charge < -0.3 is 14.7 Å². The highest BCUT2D eigenvalue weighted by molar-refractivity contribution is 5.94. The molecular weight excluding hydrogens is 341 g/mol. The number of hydrogen-bond acceptors (Lipinski definition) is 2. The molecule has 1 N–H and O–H groups in total. The fourth-order valence-corrected chi connectivity index (χ4v) is 4.37. The third-order valence-corrected chi connectivity index (χ3v) is 5.98. The van der Waals surface area contributed by atoms with E-state index < -0.39 is 0 Å². The number of nitrogens with one attached hydrogen (secondary N) is 1. The summed E-state index contributed by atoms with van der Waals surface area (Å²) in [5, 5.41) is 0. The third-order valence-electron chi connectivity index (χ3n) is 5.98. The van der Waals surface area contributed by atoms with Crippen LogP contribution < -0.4 is 9.80 Å². The average Bonchev–Trinajstić information content (AvgIpc) is 2.75. The maximum atomic E-state index is 13.1. The van der Waals surface area contributed by atoms with Crippen LogP contribution in [0.5, 0.6) is 0 Å². The fourth-order valence-electron chi connectivity index (χ4n) is 4.37. The summed E-state index contributed by atoms with van der Waals surface area (Å²) in [6.07, 6.45) is 2.10. The van der Waals surface area contributed by atoms with Crippen LogP contribution in [0.1, 0.15) is 23.2 Å². The van der Waals surface area contributed by atoms with Crippen LogP contribution in [0.15, 0.2) is 54.6 Å². The first-order valence-corrected chi connectivity index (χ1v) is 9.90. The number of piperazine rings is 1. The Morgan fingerprint density at radius 2 is 1.52 bits per heavy atom. The summed E-state index contributed by atoms with van der Waals surface area (Å²) < 4.78 is 13.1.